The van der Waals surface area contributed by atoms with Crippen molar-refractivity contribution in [1.82, 2.24) is 9.88 Å². The van der Waals surface area contributed by atoms with Gasteiger partial charge in [0, 0.05) is 12.7 Å². The number of nitrogens with zero attached hydrogens (tertiary/aromatic N) is 2. The Balaban J connectivity index is 1.53. The predicted octanol–water partition coefficient (Wildman–Crippen LogP) is 3.17. The minimum atomic E-state index is -0.478. The van der Waals surface area contributed by atoms with Crippen LogP contribution >= 0.6 is 0 Å². The Bertz CT molecular complexity index is 580. The summed E-state index contributed by atoms with van der Waals surface area (Å²) in [6.07, 6.45) is 3.16. The summed E-state index contributed by atoms with van der Waals surface area (Å²) < 4.78 is 12.9. The number of aromatic nitrogens is 1. The van der Waals surface area contributed by atoms with Crippen molar-refractivity contribution >= 4 is 0 Å². The van der Waals surface area contributed by atoms with Crippen molar-refractivity contribution in [1.29, 1.82) is 0 Å². The quantitative estimate of drug-likeness (QED) is 0.942. The molecule has 116 valence electrons. The monoisotopic (exact) mass is 300 g/mol. The maximum absolute atomic E-state index is 12.9. The van der Waals surface area contributed by atoms with Gasteiger partial charge in [-0.1, -0.05) is 18.2 Å². The van der Waals surface area contributed by atoms with Crippen LogP contribution in [0.25, 0.3) is 0 Å². The van der Waals surface area contributed by atoms with Crippen molar-refractivity contribution in [2.75, 3.05) is 13.1 Å². The van der Waals surface area contributed by atoms with Gasteiger partial charge in [0.15, 0.2) is 0 Å². The molecular weight excluding hydrogens is 279 g/mol. The third kappa shape index (κ3) is 3.70. The minimum Gasteiger partial charge on any atom is -0.387 e. The van der Waals surface area contributed by atoms with Crippen LogP contribution < -0.4 is 0 Å². The summed E-state index contributed by atoms with van der Waals surface area (Å²) in [6.45, 7) is 2.74. The molecule has 2 heterocycles. The molecule has 4 heteroatoms. The highest BCUT2D eigenvalue weighted by Crippen LogP contribution is 2.30. The molecule has 1 atom stereocenters. The van der Waals surface area contributed by atoms with Gasteiger partial charge < -0.3 is 5.11 Å². The molecule has 0 aliphatic carbocycles. The molecule has 0 radical (unpaired) electrons. The van der Waals surface area contributed by atoms with E-state index in [1.807, 2.05) is 30.3 Å². The molecule has 1 aromatic carbocycles. The third-order valence-corrected chi connectivity index (χ3v) is 4.39. The SMILES string of the molecule is O[C@@H](c1ccccn1)C1CCN(Cc2ccc(F)cc2)CC1. The van der Waals surface area contributed by atoms with E-state index in [0.717, 1.165) is 43.7 Å². The van der Waals surface area contributed by atoms with Crippen LogP contribution in [-0.4, -0.2) is 28.1 Å². The lowest BCUT2D eigenvalue weighted by Gasteiger charge is -2.34. The molecule has 0 saturated carbocycles. The first-order valence-electron chi connectivity index (χ1n) is 7.78. The number of pyridine rings is 1. The van der Waals surface area contributed by atoms with Crippen molar-refractivity contribution in [3.8, 4) is 0 Å². The molecule has 0 amide bonds. The summed E-state index contributed by atoms with van der Waals surface area (Å²) in [4.78, 5) is 6.61. The molecule has 1 aliphatic rings. The van der Waals surface area contributed by atoms with Gasteiger partial charge in [0.1, 0.15) is 5.82 Å². The van der Waals surface area contributed by atoms with Crippen LogP contribution in [0.3, 0.4) is 0 Å². The van der Waals surface area contributed by atoms with E-state index in [0.29, 0.717) is 0 Å². The van der Waals surface area contributed by atoms with Crippen LogP contribution in [0.1, 0.15) is 30.2 Å². The summed E-state index contributed by atoms with van der Waals surface area (Å²) >= 11 is 0. The van der Waals surface area contributed by atoms with Crippen molar-refractivity contribution in [3.05, 3.63) is 65.7 Å². The van der Waals surface area contributed by atoms with Crippen LogP contribution in [0, 0.1) is 11.7 Å². The molecule has 1 aromatic heterocycles. The minimum absolute atomic E-state index is 0.194. The summed E-state index contributed by atoms with van der Waals surface area (Å²) in [7, 11) is 0. The average Bonchev–Trinajstić information content (AvgIpc) is 2.58. The molecule has 0 spiro atoms. The molecule has 1 N–H and O–H groups in total. The highest BCUT2D eigenvalue weighted by Gasteiger charge is 2.26. The molecule has 1 aliphatic heterocycles. The first-order chi connectivity index (χ1) is 10.7. The number of likely N-dealkylation sites (tertiary alicyclic amines) is 1. The summed E-state index contributed by atoms with van der Waals surface area (Å²) in [5, 5.41) is 10.4. The van der Waals surface area contributed by atoms with Crippen molar-refractivity contribution in [2.45, 2.75) is 25.5 Å². The first-order valence-corrected chi connectivity index (χ1v) is 7.78. The van der Waals surface area contributed by atoms with Crippen LogP contribution in [0.5, 0.6) is 0 Å². The molecule has 3 rings (SSSR count). The number of benzene rings is 1. The maximum Gasteiger partial charge on any atom is 0.123 e. The summed E-state index contributed by atoms with van der Waals surface area (Å²) in [5.41, 5.74) is 1.89. The molecule has 3 nitrogen and oxygen atoms in total. The number of hydrogen-bond acceptors (Lipinski definition) is 3. The normalized spacial score (nSPS) is 18.3. The number of aliphatic hydroxyl groups excluding tert-OH is 1. The number of aliphatic hydroxyl groups is 1. The van der Waals surface area contributed by atoms with E-state index in [1.54, 1.807) is 6.20 Å². The number of halogens is 1. The Kier molecular flexibility index (Phi) is 4.80. The lowest BCUT2D eigenvalue weighted by molar-refractivity contribution is 0.0540. The number of hydrogen-bond donors (Lipinski definition) is 1. The molecule has 0 unspecified atom stereocenters. The second-order valence-electron chi connectivity index (χ2n) is 5.94. The van der Waals surface area contributed by atoms with E-state index < -0.39 is 6.10 Å². The molecule has 1 fully saturated rings. The molecule has 1 saturated heterocycles. The van der Waals surface area contributed by atoms with Gasteiger partial charge in [-0.25, -0.2) is 4.39 Å². The second-order valence-corrected chi connectivity index (χ2v) is 5.94. The zero-order chi connectivity index (χ0) is 15.4. The van der Waals surface area contributed by atoms with E-state index in [-0.39, 0.29) is 11.7 Å². The maximum atomic E-state index is 12.9. The highest BCUT2D eigenvalue weighted by molar-refractivity contribution is 5.16. The van der Waals surface area contributed by atoms with E-state index >= 15 is 0 Å². The standard InChI is InChI=1S/C18H21FN2O/c19-16-6-4-14(5-7-16)13-21-11-8-15(9-12-21)18(22)17-3-1-2-10-20-17/h1-7,10,15,18,22H,8-9,11-13H2/t18-/m1/s1. The van der Waals surface area contributed by atoms with E-state index in [1.165, 1.54) is 12.1 Å². The zero-order valence-corrected chi connectivity index (χ0v) is 12.5. The van der Waals surface area contributed by atoms with E-state index in [4.69, 9.17) is 0 Å². The smallest absolute Gasteiger partial charge is 0.123 e. The zero-order valence-electron chi connectivity index (χ0n) is 12.5. The Morgan fingerprint density at radius 3 is 2.50 bits per heavy atom. The second kappa shape index (κ2) is 6.99. The number of piperidine rings is 1. The largest absolute Gasteiger partial charge is 0.387 e. The summed E-state index contributed by atoms with van der Waals surface area (Å²) in [5.74, 6) is 0.0697. The van der Waals surface area contributed by atoms with Crippen molar-refractivity contribution in [3.63, 3.8) is 0 Å². The summed E-state index contributed by atoms with van der Waals surface area (Å²) in [6, 6.07) is 12.3. The Labute approximate surface area is 130 Å². The van der Waals surface area contributed by atoms with Gasteiger partial charge in [-0.15, -0.1) is 0 Å². The van der Waals surface area contributed by atoms with E-state index in [2.05, 4.69) is 9.88 Å². The fourth-order valence-corrected chi connectivity index (χ4v) is 3.07. The van der Waals surface area contributed by atoms with Gasteiger partial charge >= 0.3 is 0 Å². The molecule has 22 heavy (non-hydrogen) atoms. The average molecular weight is 300 g/mol. The topological polar surface area (TPSA) is 36.4 Å². The first kappa shape index (κ1) is 15.1. The van der Waals surface area contributed by atoms with Crippen LogP contribution in [-0.2, 0) is 6.54 Å². The molecule has 0 bridgehead atoms. The van der Waals surface area contributed by atoms with Gasteiger partial charge in [0.25, 0.3) is 0 Å². The molecule has 2 aromatic rings. The lowest BCUT2D eigenvalue weighted by Crippen LogP contribution is -2.35. The fraction of sp³-hybridized carbons (Fsp3) is 0.389. The lowest BCUT2D eigenvalue weighted by atomic mass is 9.89. The van der Waals surface area contributed by atoms with Crippen molar-refractivity contribution < 1.29 is 9.50 Å². The van der Waals surface area contributed by atoms with Crippen LogP contribution in [0.4, 0.5) is 4.39 Å². The van der Waals surface area contributed by atoms with Gasteiger partial charge in [0.05, 0.1) is 11.8 Å². The van der Waals surface area contributed by atoms with Crippen molar-refractivity contribution in [2.24, 2.45) is 5.92 Å². The van der Waals surface area contributed by atoms with Gasteiger partial charge in [-0.05, 0) is 61.7 Å². The van der Waals surface area contributed by atoms with Gasteiger partial charge in [0.2, 0.25) is 0 Å². The van der Waals surface area contributed by atoms with Crippen LogP contribution in [0.2, 0.25) is 0 Å². The Hall–Kier alpha value is -1.78. The number of rotatable bonds is 4. The predicted molar refractivity (Wildman–Crippen MR) is 83.6 cm³/mol. The Morgan fingerprint density at radius 1 is 1.14 bits per heavy atom. The van der Waals surface area contributed by atoms with Crippen LogP contribution in [0.15, 0.2) is 48.7 Å². The Morgan fingerprint density at radius 2 is 1.86 bits per heavy atom. The highest BCUT2D eigenvalue weighted by atomic mass is 19.1. The molecular formula is C18H21FN2O. The van der Waals surface area contributed by atoms with E-state index in [9.17, 15) is 9.50 Å². The fourth-order valence-electron chi connectivity index (χ4n) is 3.07. The third-order valence-electron chi connectivity index (χ3n) is 4.39. The van der Waals surface area contributed by atoms with Gasteiger partial charge in [-0.2, -0.15) is 0 Å². The van der Waals surface area contributed by atoms with Gasteiger partial charge in [-0.3, -0.25) is 9.88 Å².